The van der Waals surface area contributed by atoms with E-state index in [1.165, 1.54) is 0 Å². The Labute approximate surface area is 141 Å². The molecule has 0 unspecified atom stereocenters. The van der Waals surface area contributed by atoms with Crippen LogP contribution >= 0.6 is 0 Å². The van der Waals surface area contributed by atoms with Crippen LogP contribution in [-0.2, 0) is 6.54 Å². The van der Waals surface area contributed by atoms with Gasteiger partial charge < -0.3 is 9.64 Å². The molecular formula is C21H17NO2. The molecule has 3 aromatic rings. The minimum atomic E-state index is 0.0490. The Kier molecular flexibility index (Phi) is 3.54. The summed E-state index contributed by atoms with van der Waals surface area (Å²) >= 11 is 0. The zero-order chi connectivity index (χ0) is 16.5. The van der Waals surface area contributed by atoms with Crippen molar-refractivity contribution >= 4 is 11.6 Å². The van der Waals surface area contributed by atoms with Crippen LogP contribution in [0.2, 0.25) is 0 Å². The fraction of sp³-hybridized carbons (Fsp3) is 0.0952. The van der Waals surface area contributed by atoms with E-state index in [0.717, 1.165) is 33.7 Å². The number of amides is 1. The van der Waals surface area contributed by atoms with Crippen LogP contribution in [0.4, 0.5) is 5.69 Å². The number of ether oxygens (including phenoxy) is 1. The van der Waals surface area contributed by atoms with Crippen molar-refractivity contribution in [3.8, 4) is 16.9 Å². The second-order valence-corrected chi connectivity index (χ2v) is 5.80. The number of fused-ring (bicyclic) bond motifs is 1. The molecule has 3 nitrogen and oxygen atoms in total. The predicted octanol–water partition coefficient (Wildman–Crippen LogP) is 4.52. The van der Waals surface area contributed by atoms with Gasteiger partial charge in [0.05, 0.1) is 19.3 Å². The van der Waals surface area contributed by atoms with Gasteiger partial charge in [-0.25, -0.2) is 0 Å². The number of hydrogen-bond acceptors (Lipinski definition) is 2. The molecule has 0 spiro atoms. The van der Waals surface area contributed by atoms with E-state index in [9.17, 15) is 4.79 Å². The molecule has 118 valence electrons. The van der Waals surface area contributed by atoms with Crippen molar-refractivity contribution in [3.63, 3.8) is 0 Å². The maximum atomic E-state index is 12.8. The van der Waals surface area contributed by atoms with Gasteiger partial charge in [-0.05, 0) is 35.4 Å². The second kappa shape index (κ2) is 5.85. The summed E-state index contributed by atoms with van der Waals surface area (Å²) in [5.74, 6) is 0.828. The summed E-state index contributed by atoms with van der Waals surface area (Å²) in [5, 5.41) is 0. The van der Waals surface area contributed by atoms with Gasteiger partial charge in [0.25, 0.3) is 5.91 Å². The minimum Gasteiger partial charge on any atom is -0.497 e. The Morgan fingerprint density at radius 3 is 2.38 bits per heavy atom. The van der Waals surface area contributed by atoms with Crippen molar-refractivity contribution in [2.75, 3.05) is 12.0 Å². The Bertz CT molecular complexity index is 903. The number of hydrogen-bond donors (Lipinski definition) is 0. The van der Waals surface area contributed by atoms with Crippen LogP contribution in [0.25, 0.3) is 11.1 Å². The van der Waals surface area contributed by atoms with Crippen molar-refractivity contribution in [2.45, 2.75) is 6.54 Å². The summed E-state index contributed by atoms with van der Waals surface area (Å²) in [6.07, 6.45) is 0. The van der Waals surface area contributed by atoms with Crippen molar-refractivity contribution in [3.05, 3.63) is 83.9 Å². The zero-order valence-electron chi connectivity index (χ0n) is 13.4. The molecule has 0 saturated carbocycles. The Balaban J connectivity index is 1.84. The summed E-state index contributed by atoms with van der Waals surface area (Å²) in [7, 11) is 1.65. The van der Waals surface area contributed by atoms with E-state index in [-0.39, 0.29) is 5.91 Å². The summed E-state index contributed by atoms with van der Waals surface area (Å²) in [6, 6.07) is 23.7. The van der Waals surface area contributed by atoms with Crippen LogP contribution in [0.15, 0.2) is 72.8 Å². The average molecular weight is 315 g/mol. The molecule has 0 atom stereocenters. The van der Waals surface area contributed by atoms with Crippen molar-refractivity contribution in [1.82, 2.24) is 0 Å². The first-order valence-corrected chi connectivity index (χ1v) is 7.91. The molecule has 1 aliphatic heterocycles. The van der Waals surface area contributed by atoms with Crippen LogP contribution in [0, 0.1) is 0 Å². The van der Waals surface area contributed by atoms with Gasteiger partial charge in [-0.1, -0.05) is 48.5 Å². The molecule has 0 fully saturated rings. The smallest absolute Gasteiger partial charge is 0.258 e. The van der Waals surface area contributed by atoms with Crippen molar-refractivity contribution < 1.29 is 9.53 Å². The first-order chi connectivity index (χ1) is 11.8. The largest absolute Gasteiger partial charge is 0.497 e. The predicted molar refractivity (Wildman–Crippen MR) is 95.4 cm³/mol. The lowest BCUT2D eigenvalue weighted by molar-refractivity contribution is 0.0996. The van der Waals surface area contributed by atoms with Crippen LogP contribution in [-0.4, -0.2) is 13.0 Å². The third-order valence-electron chi connectivity index (χ3n) is 4.40. The highest BCUT2D eigenvalue weighted by Gasteiger charge is 2.29. The summed E-state index contributed by atoms with van der Waals surface area (Å²) < 4.78 is 5.38. The summed E-state index contributed by atoms with van der Waals surface area (Å²) in [6.45, 7) is 0.598. The first-order valence-electron chi connectivity index (χ1n) is 7.91. The van der Waals surface area contributed by atoms with Crippen LogP contribution < -0.4 is 9.64 Å². The van der Waals surface area contributed by atoms with Crippen LogP contribution in [0.3, 0.4) is 0 Å². The average Bonchev–Trinajstić information content (AvgIpc) is 2.99. The van der Waals surface area contributed by atoms with Gasteiger partial charge in [-0.15, -0.1) is 0 Å². The van der Waals surface area contributed by atoms with E-state index in [0.29, 0.717) is 6.54 Å². The minimum absolute atomic E-state index is 0.0490. The first kappa shape index (κ1) is 14.5. The quantitative estimate of drug-likeness (QED) is 0.711. The number of methoxy groups -OCH3 is 1. The molecule has 0 radical (unpaired) electrons. The fourth-order valence-electron chi connectivity index (χ4n) is 3.18. The van der Waals surface area contributed by atoms with Gasteiger partial charge in [0, 0.05) is 11.1 Å². The van der Waals surface area contributed by atoms with Gasteiger partial charge >= 0.3 is 0 Å². The number of benzene rings is 3. The number of anilines is 1. The molecule has 24 heavy (non-hydrogen) atoms. The van der Waals surface area contributed by atoms with Gasteiger partial charge in [0.1, 0.15) is 5.75 Å². The lowest BCUT2D eigenvalue weighted by Gasteiger charge is -2.21. The molecule has 0 N–H and O–H groups in total. The normalized spacial score (nSPS) is 13.0. The second-order valence-electron chi connectivity index (χ2n) is 5.80. The molecule has 0 aliphatic carbocycles. The van der Waals surface area contributed by atoms with Crippen molar-refractivity contribution in [1.29, 1.82) is 0 Å². The molecule has 4 rings (SSSR count). The Hall–Kier alpha value is -3.07. The van der Waals surface area contributed by atoms with E-state index in [2.05, 4.69) is 0 Å². The molecular weight excluding hydrogens is 298 g/mol. The Morgan fingerprint density at radius 2 is 1.62 bits per heavy atom. The highest BCUT2D eigenvalue weighted by Crippen LogP contribution is 2.38. The standard InChI is InChI=1S/C21H17NO2/c1-24-17-11-12-20(19(13-17)15-7-3-2-4-8-15)22-14-16-9-5-6-10-18(16)21(22)23/h2-13H,14H2,1H3. The third-order valence-corrected chi connectivity index (χ3v) is 4.40. The molecule has 1 amide bonds. The summed E-state index contributed by atoms with van der Waals surface area (Å²) in [4.78, 5) is 14.7. The van der Waals surface area contributed by atoms with E-state index in [4.69, 9.17) is 4.74 Å². The van der Waals surface area contributed by atoms with E-state index < -0.39 is 0 Å². The van der Waals surface area contributed by atoms with Gasteiger partial charge in [0.15, 0.2) is 0 Å². The van der Waals surface area contributed by atoms with Gasteiger partial charge in [0.2, 0.25) is 0 Å². The van der Waals surface area contributed by atoms with Gasteiger partial charge in [-0.2, -0.15) is 0 Å². The molecule has 0 bridgehead atoms. The summed E-state index contributed by atoms with van der Waals surface area (Å²) in [5.41, 5.74) is 4.82. The maximum absolute atomic E-state index is 12.8. The monoisotopic (exact) mass is 315 g/mol. The number of carbonyl (C=O) groups is 1. The third kappa shape index (κ3) is 2.35. The fourth-order valence-corrected chi connectivity index (χ4v) is 3.18. The van der Waals surface area contributed by atoms with E-state index >= 15 is 0 Å². The van der Waals surface area contributed by atoms with Crippen LogP contribution in [0.5, 0.6) is 5.75 Å². The highest BCUT2D eigenvalue weighted by molar-refractivity contribution is 6.11. The zero-order valence-corrected chi connectivity index (χ0v) is 13.4. The number of rotatable bonds is 3. The maximum Gasteiger partial charge on any atom is 0.258 e. The topological polar surface area (TPSA) is 29.5 Å². The number of carbonyl (C=O) groups excluding carboxylic acids is 1. The molecule has 1 heterocycles. The lowest BCUT2D eigenvalue weighted by atomic mass is 10.0. The molecule has 0 saturated heterocycles. The molecule has 3 aromatic carbocycles. The van der Waals surface area contributed by atoms with E-state index in [1.807, 2.05) is 77.7 Å². The molecule has 3 heteroatoms. The number of nitrogens with zero attached hydrogens (tertiary/aromatic N) is 1. The SMILES string of the molecule is COc1ccc(N2Cc3ccccc3C2=O)c(-c2ccccc2)c1. The molecule has 0 aromatic heterocycles. The lowest BCUT2D eigenvalue weighted by Crippen LogP contribution is -2.23. The van der Waals surface area contributed by atoms with E-state index in [1.54, 1.807) is 7.11 Å². The molecule has 1 aliphatic rings. The van der Waals surface area contributed by atoms with Gasteiger partial charge in [-0.3, -0.25) is 4.79 Å². The highest BCUT2D eigenvalue weighted by atomic mass is 16.5. The van der Waals surface area contributed by atoms with Crippen molar-refractivity contribution in [2.24, 2.45) is 0 Å². The Morgan fingerprint density at radius 1 is 0.875 bits per heavy atom. The van der Waals surface area contributed by atoms with Crippen LogP contribution in [0.1, 0.15) is 15.9 Å².